The number of carbonyl (C=O) groups is 1. The topological polar surface area (TPSA) is 44.8 Å². The number of hydrogen-bond acceptors (Lipinski definition) is 3. The number of nitrogens with zero attached hydrogens (tertiary/aromatic N) is 3. The van der Waals surface area contributed by atoms with Gasteiger partial charge in [0, 0.05) is 5.92 Å². The Hall–Kier alpha value is -0.930. The van der Waals surface area contributed by atoms with Gasteiger partial charge < -0.3 is 0 Å². The van der Waals surface area contributed by atoms with Crippen molar-refractivity contribution in [3.8, 4) is 0 Å². The summed E-state index contributed by atoms with van der Waals surface area (Å²) in [6.07, 6.45) is 2.39. The first-order valence-corrected chi connectivity index (χ1v) is 3.54. The summed E-state index contributed by atoms with van der Waals surface area (Å²) in [5.41, 5.74) is 0. The van der Waals surface area contributed by atoms with Crippen LogP contribution < -0.4 is 0 Å². The van der Waals surface area contributed by atoms with Gasteiger partial charge in [0.25, 0.3) is 5.91 Å². The molecule has 4 heteroatoms. The zero-order valence-corrected chi connectivity index (χ0v) is 5.82. The highest BCUT2D eigenvalue weighted by Crippen LogP contribution is 2.38. The summed E-state index contributed by atoms with van der Waals surface area (Å²) < 4.78 is 0. The van der Waals surface area contributed by atoms with Crippen LogP contribution in [0.25, 0.3) is 0 Å². The van der Waals surface area contributed by atoms with Crippen molar-refractivity contribution in [3.63, 3.8) is 0 Å². The highest BCUT2D eigenvalue weighted by Gasteiger charge is 2.37. The van der Waals surface area contributed by atoms with E-state index in [1.54, 1.807) is 0 Å². The quantitative estimate of drug-likeness (QED) is 0.566. The molecule has 0 N–H and O–H groups in total. The summed E-state index contributed by atoms with van der Waals surface area (Å²) in [6.45, 7) is 1.95. The van der Waals surface area contributed by atoms with Crippen LogP contribution in [0.4, 0.5) is 0 Å². The van der Waals surface area contributed by atoms with E-state index in [1.807, 2.05) is 6.92 Å². The van der Waals surface area contributed by atoms with Gasteiger partial charge in [0.2, 0.25) is 0 Å². The Morgan fingerprint density at radius 1 is 1.60 bits per heavy atom. The molecular formula is C6H9N3O. The van der Waals surface area contributed by atoms with Crippen molar-refractivity contribution in [2.24, 2.45) is 22.3 Å². The predicted molar refractivity (Wildman–Crippen MR) is 33.6 cm³/mol. The number of rotatable bonds is 2. The zero-order valence-electron chi connectivity index (χ0n) is 5.82. The van der Waals surface area contributed by atoms with Gasteiger partial charge in [-0.15, -0.1) is 0 Å². The summed E-state index contributed by atoms with van der Waals surface area (Å²) in [5.74, 6) is 0.802. The molecule has 0 saturated heterocycles. The molecule has 1 aliphatic heterocycles. The number of hydrogen-bond donors (Lipinski definition) is 0. The van der Waals surface area contributed by atoms with Crippen LogP contribution in [0, 0.1) is 11.8 Å². The molecule has 0 aromatic carbocycles. The van der Waals surface area contributed by atoms with Crippen molar-refractivity contribution in [2.45, 2.75) is 19.8 Å². The molecule has 1 aliphatic carbocycles. The SMILES string of the molecule is CC(C(=O)N1N=N1)C1CC1. The summed E-state index contributed by atoms with van der Waals surface area (Å²) >= 11 is 0. The second-order valence-electron chi connectivity index (χ2n) is 2.93. The van der Waals surface area contributed by atoms with Crippen LogP contribution in [-0.4, -0.2) is 11.0 Å². The normalized spacial score (nSPS) is 24.7. The van der Waals surface area contributed by atoms with E-state index in [9.17, 15) is 4.79 Å². The minimum atomic E-state index is 0.0579. The average molecular weight is 139 g/mol. The molecule has 1 unspecified atom stereocenters. The summed E-state index contributed by atoms with van der Waals surface area (Å²) in [5, 5.41) is 8.07. The van der Waals surface area contributed by atoms with Gasteiger partial charge in [0.1, 0.15) is 0 Å². The third kappa shape index (κ3) is 0.894. The van der Waals surface area contributed by atoms with Gasteiger partial charge in [-0.3, -0.25) is 4.79 Å². The Morgan fingerprint density at radius 2 is 2.20 bits per heavy atom. The second-order valence-corrected chi connectivity index (χ2v) is 2.93. The molecule has 4 nitrogen and oxygen atoms in total. The maximum Gasteiger partial charge on any atom is 0.271 e. The van der Waals surface area contributed by atoms with E-state index < -0.39 is 0 Å². The fraction of sp³-hybridized carbons (Fsp3) is 0.833. The smallest absolute Gasteiger partial charge is 0.270 e. The summed E-state index contributed by atoms with van der Waals surface area (Å²) in [6, 6.07) is 0. The molecule has 0 radical (unpaired) electrons. The van der Waals surface area contributed by atoms with Crippen molar-refractivity contribution in [1.82, 2.24) is 5.12 Å². The molecule has 0 spiro atoms. The van der Waals surface area contributed by atoms with Gasteiger partial charge in [0.15, 0.2) is 0 Å². The van der Waals surface area contributed by atoms with Crippen LogP contribution in [-0.2, 0) is 4.79 Å². The van der Waals surface area contributed by atoms with E-state index in [1.165, 1.54) is 18.0 Å². The molecule has 1 fully saturated rings. The molecule has 0 bridgehead atoms. The molecule has 10 heavy (non-hydrogen) atoms. The van der Waals surface area contributed by atoms with E-state index in [0.29, 0.717) is 5.92 Å². The molecule has 54 valence electrons. The molecule has 1 heterocycles. The lowest BCUT2D eigenvalue weighted by molar-refractivity contribution is -0.131. The second kappa shape index (κ2) is 1.78. The minimum absolute atomic E-state index is 0.0579. The minimum Gasteiger partial charge on any atom is -0.270 e. The molecule has 1 atom stereocenters. The van der Waals surface area contributed by atoms with Crippen LogP contribution in [0.2, 0.25) is 0 Å². The molecule has 0 aromatic rings. The lowest BCUT2D eigenvalue weighted by atomic mass is 10.1. The third-order valence-corrected chi connectivity index (χ3v) is 2.09. The average Bonchev–Trinajstić information content (AvgIpc) is 2.73. The van der Waals surface area contributed by atoms with Gasteiger partial charge in [0.05, 0.1) is 0 Å². The lowest BCUT2D eigenvalue weighted by Gasteiger charge is -2.04. The lowest BCUT2D eigenvalue weighted by Crippen LogP contribution is -2.20. The Balaban J connectivity index is 1.89. The Labute approximate surface area is 58.9 Å². The van der Waals surface area contributed by atoms with E-state index in [2.05, 4.69) is 10.4 Å². The van der Waals surface area contributed by atoms with Crippen LogP contribution >= 0.6 is 0 Å². The van der Waals surface area contributed by atoms with Crippen molar-refractivity contribution >= 4 is 5.91 Å². The summed E-state index contributed by atoms with van der Waals surface area (Å²) in [7, 11) is 0. The van der Waals surface area contributed by atoms with Crippen molar-refractivity contribution in [1.29, 1.82) is 0 Å². The van der Waals surface area contributed by atoms with Crippen LogP contribution in [0.15, 0.2) is 10.4 Å². The first-order chi connectivity index (χ1) is 4.79. The monoisotopic (exact) mass is 139 g/mol. The first-order valence-electron chi connectivity index (χ1n) is 3.54. The molecule has 2 rings (SSSR count). The number of amides is 1. The third-order valence-electron chi connectivity index (χ3n) is 2.09. The number of carbonyl (C=O) groups excluding carboxylic acids is 1. The fourth-order valence-electron chi connectivity index (χ4n) is 1.09. The molecular weight excluding hydrogens is 130 g/mol. The van der Waals surface area contributed by atoms with Gasteiger partial charge >= 0.3 is 0 Å². The van der Waals surface area contributed by atoms with Crippen LogP contribution in [0.1, 0.15) is 19.8 Å². The Kier molecular flexibility index (Phi) is 1.03. The van der Waals surface area contributed by atoms with Gasteiger partial charge in [-0.05, 0) is 29.2 Å². The Morgan fingerprint density at radius 3 is 2.60 bits per heavy atom. The van der Waals surface area contributed by atoms with Crippen LogP contribution in [0.3, 0.4) is 0 Å². The van der Waals surface area contributed by atoms with Gasteiger partial charge in [-0.25, -0.2) is 0 Å². The largest absolute Gasteiger partial charge is 0.271 e. The van der Waals surface area contributed by atoms with E-state index in [-0.39, 0.29) is 11.8 Å². The van der Waals surface area contributed by atoms with Crippen molar-refractivity contribution < 1.29 is 4.79 Å². The Bertz CT molecular complexity index is 191. The highest BCUT2D eigenvalue weighted by molar-refractivity contribution is 5.79. The molecule has 1 amide bonds. The molecule has 0 aromatic heterocycles. The first kappa shape index (κ1) is 5.82. The molecule has 2 aliphatic rings. The molecule has 1 saturated carbocycles. The predicted octanol–water partition coefficient (Wildman–Crippen LogP) is 1.16. The maximum absolute atomic E-state index is 11.1. The van der Waals surface area contributed by atoms with E-state index >= 15 is 0 Å². The highest BCUT2D eigenvalue weighted by atomic mass is 16.2. The standard InChI is InChI=1S/C6H9N3O/c1-4(5-2-3-5)6(10)9-7-8-9/h4-5H,2-3H2,1H3. The van der Waals surface area contributed by atoms with Gasteiger partial charge in [-0.1, -0.05) is 12.0 Å². The van der Waals surface area contributed by atoms with Crippen molar-refractivity contribution in [3.05, 3.63) is 0 Å². The van der Waals surface area contributed by atoms with E-state index in [4.69, 9.17) is 0 Å². The summed E-state index contributed by atoms with van der Waals surface area (Å²) in [4.78, 5) is 11.1. The fourth-order valence-corrected chi connectivity index (χ4v) is 1.09. The van der Waals surface area contributed by atoms with Gasteiger partial charge in [-0.2, -0.15) is 0 Å². The van der Waals surface area contributed by atoms with Crippen LogP contribution in [0.5, 0.6) is 0 Å². The maximum atomic E-state index is 11.1. The van der Waals surface area contributed by atoms with E-state index in [0.717, 1.165) is 0 Å². The van der Waals surface area contributed by atoms with Crippen molar-refractivity contribution in [2.75, 3.05) is 0 Å². The zero-order chi connectivity index (χ0) is 7.14.